The Morgan fingerprint density at radius 1 is 1.19 bits per heavy atom. The van der Waals surface area contributed by atoms with Gasteiger partial charge in [-0.3, -0.25) is 0 Å². The number of benzene rings is 2. The molecule has 0 spiro atoms. The predicted octanol–water partition coefficient (Wildman–Crippen LogP) is 5.12. The first kappa shape index (κ1) is 15.7. The fourth-order valence-electron chi connectivity index (χ4n) is 2.25. The summed E-state index contributed by atoms with van der Waals surface area (Å²) in [4.78, 5) is 0. The van der Waals surface area contributed by atoms with Crippen LogP contribution in [-0.4, -0.2) is 11.7 Å². The first-order valence-electron chi connectivity index (χ1n) is 7.11. The topological polar surface area (TPSA) is 41.5 Å². The maximum atomic E-state index is 10.1. The molecule has 4 heteroatoms. The highest BCUT2D eigenvalue weighted by molar-refractivity contribution is 9.10. The minimum absolute atomic E-state index is 0.0411. The molecular weight excluding hydrogens is 330 g/mol. The Balaban J connectivity index is 2.22. The highest BCUT2D eigenvalue weighted by Gasteiger charge is 2.14. The maximum Gasteiger partial charge on any atom is 0.121 e. The molecule has 0 aliphatic heterocycles. The number of halogens is 1. The van der Waals surface area contributed by atoms with Crippen molar-refractivity contribution in [3.63, 3.8) is 0 Å². The molecule has 2 rings (SSSR count). The van der Waals surface area contributed by atoms with Crippen LogP contribution in [0, 0.1) is 0 Å². The molecule has 0 saturated carbocycles. The van der Waals surface area contributed by atoms with Gasteiger partial charge >= 0.3 is 0 Å². The number of aromatic hydroxyl groups is 1. The largest absolute Gasteiger partial charge is 0.508 e. The van der Waals surface area contributed by atoms with Crippen LogP contribution < -0.4 is 10.1 Å². The SMILES string of the molecule is CCOc1cccc(NC(CC)c2cc(Br)ccc2O)c1. The van der Waals surface area contributed by atoms with Gasteiger partial charge in [0.2, 0.25) is 0 Å². The van der Waals surface area contributed by atoms with Crippen molar-refractivity contribution in [1.82, 2.24) is 0 Å². The van der Waals surface area contributed by atoms with Crippen molar-refractivity contribution in [2.75, 3.05) is 11.9 Å². The average molecular weight is 350 g/mol. The van der Waals surface area contributed by atoms with Crippen LogP contribution in [0.1, 0.15) is 31.9 Å². The molecule has 1 atom stereocenters. The smallest absolute Gasteiger partial charge is 0.121 e. The van der Waals surface area contributed by atoms with Crippen LogP contribution in [0.4, 0.5) is 5.69 Å². The minimum Gasteiger partial charge on any atom is -0.508 e. The summed E-state index contributed by atoms with van der Waals surface area (Å²) in [6.07, 6.45) is 0.864. The molecule has 0 heterocycles. The van der Waals surface area contributed by atoms with Gasteiger partial charge in [-0.05, 0) is 43.7 Å². The summed E-state index contributed by atoms with van der Waals surface area (Å²) in [5.41, 5.74) is 1.86. The van der Waals surface area contributed by atoms with Crippen LogP contribution >= 0.6 is 15.9 Å². The van der Waals surface area contributed by atoms with Gasteiger partial charge in [0.05, 0.1) is 12.6 Å². The van der Waals surface area contributed by atoms with Crippen molar-refractivity contribution in [3.8, 4) is 11.5 Å². The Hall–Kier alpha value is -1.68. The molecule has 21 heavy (non-hydrogen) atoms. The molecule has 0 fully saturated rings. The van der Waals surface area contributed by atoms with Crippen LogP contribution in [0.25, 0.3) is 0 Å². The molecule has 0 aliphatic rings. The van der Waals surface area contributed by atoms with E-state index in [0.717, 1.165) is 27.9 Å². The summed E-state index contributed by atoms with van der Waals surface area (Å²) in [5, 5.41) is 13.5. The van der Waals surface area contributed by atoms with E-state index in [4.69, 9.17) is 4.74 Å². The summed E-state index contributed by atoms with van der Waals surface area (Å²) in [5.74, 6) is 1.15. The van der Waals surface area contributed by atoms with Gasteiger partial charge in [-0.15, -0.1) is 0 Å². The third-order valence-electron chi connectivity index (χ3n) is 3.26. The number of rotatable bonds is 6. The second-order valence-electron chi connectivity index (χ2n) is 4.77. The second-order valence-corrected chi connectivity index (χ2v) is 5.68. The maximum absolute atomic E-state index is 10.1. The molecule has 0 aromatic heterocycles. The third-order valence-corrected chi connectivity index (χ3v) is 3.75. The van der Waals surface area contributed by atoms with E-state index in [1.165, 1.54) is 0 Å². The molecule has 0 bridgehead atoms. The number of nitrogens with one attached hydrogen (secondary N) is 1. The lowest BCUT2D eigenvalue weighted by Gasteiger charge is -2.20. The standard InChI is InChI=1S/C17H20BrNO2/c1-3-16(15-10-12(18)8-9-17(15)20)19-13-6-5-7-14(11-13)21-4-2/h5-11,16,19-20H,3-4H2,1-2H3. The van der Waals surface area contributed by atoms with Crippen molar-refractivity contribution in [2.24, 2.45) is 0 Å². The van der Waals surface area contributed by atoms with E-state index in [1.807, 2.05) is 43.3 Å². The summed E-state index contributed by atoms with van der Waals surface area (Å²) in [6.45, 7) is 4.70. The summed E-state index contributed by atoms with van der Waals surface area (Å²) in [6, 6.07) is 13.4. The first-order valence-corrected chi connectivity index (χ1v) is 7.91. The Bertz CT molecular complexity index is 601. The number of phenolic OH excluding ortho intramolecular Hbond substituents is 1. The summed E-state index contributed by atoms with van der Waals surface area (Å²) in [7, 11) is 0. The molecule has 1 unspecified atom stereocenters. The number of ether oxygens (including phenoxy) is 1. The highest BCUT2D eigenvalue weighted by atomic mass is 79.9. The van der Waals surface area contributed by atoms with Gasteiger partial charge in [-0.1, -0.05) is 28.9 Å². The van der Waals surface area contributed by atoms with Gasteiger partial charge in [0.25, 0.3) is 0 Å². The monoisotopic (exact) mass is 349 g/mol. The Kier molecular flexibility index (Phi) is 5.51. The Morgan fingerprint density at radius 3 is 2.71 bits per heavy atom. The van der Waals surface area contributed by atoms with Gasteiger partial charge in [-0.2, -0.15) is 0 Å². The van der Waals surface area contributed by atoms with Crippen molar-refractivity contribution >= 4 is 21.6 Å². The average Bonchev–Trinajstić information content (AvgIpc) is 2.48. The number of phenols is 1. The van der Waals surface area contributed by atoms with Crippen LogP contribution in [0.15, 0.2) is 46.9 Å². The zero-order valence-electron chi connectivity index (χ0n) is 12.3. The zero-order chi connectivity index (χ0) is 15.2. The van der Waals surface area contributed by atoms with E-state index in [1.54, 1.807) is 6.07 Å². The molecule has 0 radical (unpaired) electrons. The van der Waals surface area contributed by atoms with E-state index < -0.39 is 0 Å². The molecule has 2 N–H and O–H groups in total. The van der Waals surface area contributed by atoms with Gasteiger partial charge in [0.15, 0.2) is 0 Å². The van der Waals surface area contributed by atoms with Crippen LogP contribution in [0.2, 0.25) is 0 Å². The van der Waals surface area contributed by atoms with Crippen molar-refractivity contribution in [3.05, 3.63) is 52.5 Å². The van der Waals surface area contributed by atoms with Gasteiger partial charge in [-0.25, -0.2) is 0 Å². The lowest BCUT2D eigenvalue weighted by atomic mass is 10.0. The van der Waals surface area contributed by atoms with Crippen molar-refractivity contribution in [1.29, 1.82) is 0 Å². The van der Waals surface area contributed by atoms with E-state index in [0.29, 0.717) is 12.4 Å². The van der Waals surface area contributed by atoms with E-state index >= 15 is 0 Å². The first-order chi connectivity index (χ1) is 10.1. The highest BCUT2D eigenvalue weighted by Crippen LogP contribution is 2.32. The molecule has 112 valence electrons. The van der Waals surface area contributed by atoms with E-state index in [-0.39, 0.29) is 6.04 Å². The fourth-order valence-corrected chi connectivity index (χ4v) is 2.63. The quantitative estimate of drug-likeness (QED) is 0.760. The lowest BCUT2D eigenvalue weighted by molar-refractivity contribution is 0.340. The van der Waals surface area contributed by atoms with Gasteiger partial charge < -0.3 is 15.2 Å². The number of hydrogen-bond acceptors (Lipinski definition) is 3. The predicted molar refractivity (Wildman–Crippen MR) is 90.1 cm³/mol. The minimum atomic E-state index is 0.0411. The fraction of sp³-hybridized carbons (Fsp3) is 0.294. The molecule has 2 aromatic carbocycles. The lowest BCUT2D eigenvalue weighted by Crippen LogP contribution is -2.10. The summed E-state index contributed by atoms with van der Waals surface area (Å²) < 4.78 is 6.47. The Labute approximate surface area is 134 Å². The normalized spacial score (nSPS) is 12.0. The zero-order valence-corrected chi connectivity index (χ0v) is 13.9. The van der Waals surface area contributed by atoms with Crippen molar-refractivity contribution in [2.45, 2.75) is 26.3 Å². The van der Waals surface area contributed by atoms with Crippen molar-refractivity contribution < 1.29 is 9.84 Å². The molecular formula is C17H20BrNO2. The van der Waals surface area contributed by atoms with Crippen LogP contribution in [-0.2, 0) is 0 Å². The molecule has 0 aliphatic carbocycles. The van der Waals surface area contributed by atoms with E-state index in [9.17, 15) is 5.11 Å². The second kappa shape index (κ2) is 7.36. The van der Waals surface area contributed by atoms with E-state index in [2.05, 4.69) is 28.2 Å². The third kappa shape index (κ3) is 4.14. The number of anilines is 1. The van der Waals surface area contributed by atoms with Crippen LogP contribution in [0.5, 0.6) is 11.5 Å². The van der Waals surface area contributed by atoms with Gasteiger partial charge in [0.1, 0.15) is 11.5 Å². The molecule has 2 aromatic rings. The molecule has 0 saturated heterocycles. The van der Waals surface area contributed by atoms with Crippen LogP contribution in [0.3, 0.4) is 0 Å². The summed E-state index contributed by atoms with van der Waals surface area (Å²) >= 11 is 3.45. The molecule has 0 amide bonds. The molecule has 3 nitrogen and oxygen atoms in total. The van der Waals surface area contributed by atoms with Gasteiger partial charge in [0, 0.05) is 21.8 Å². The number of hydrogen-bond donors (Lipinski definition) is 2. The Morgan fingerprint density at radius 2 is 2.00 bits per heavy atom.